The number of aromatic nitrogens is 2. The van der Waals surface area contributed by atoms with Crippen molar-refractivity contribution in [2.45, 2.75) is 20.8 Å². The highest BCUT2D eigenvalue weighted by Gasteiger charge is 2.25. The Morgan fingerprint density at radius 3 is 2.64 bits per heavy atom. The molecule has 1 saturated heterocycles. The molecule has 4 rings (SSSR count). The molecule has 3 aromatic heterocycles. The standard InChI is InChI=1S/C18H19N3O3S/c1-10-8-13(12(3)25-10)15-9-14(16-11(2)20-24-17(16)19-15)18(22)21-4-6-23-7-5-21/h8-9H,4-7H2,1-3H3. The quantitative estimate of drug-likeness (QED) is 0.703. The molecule has 130 valence electrons. The van der Waals surface area contributed by atoms with Gasteiger partial charge < -0.3 is 14.2 Å². The third-order valence-electron chi connectivity index (χ3n) is 4.46. The van der Waals surface area contributed by atoms with Crippen molar-refractivity contribution in [2.24, 2.45) is 0 Å². The number of fused-ring (bicyclic) bond motifs is 1. The van der Waals surface area contributed by atoms with E-state index >= 15 is 0 Å². The topological polar surface area (TPSA) is 68.5 Å². The lowest BCUT2D eigenvalue weighted by Crippen LogP contribution is -2.40. The summed E-state index contributed by atoms with van der Waals surface area (Å²) in [5, 5.41) is 4.71. The fourth-order valence-corrected chi connectivity index (χ4v) is 4.16. The van der Waals surface area contributed by atoms with E-state index in [9.17, 15) is 4.79 Å². The summed E-state index contributed by atoms with van der Waals surface area (Å²) in [6, 6.07) is 3.97. The summed E-state index contributed by atoms with van der Waals surface area (Å²) in [7, 11) is 0. The van der Waals surface area contributed by atoms with Gasteiger partial charge in [-0.25, -0.2) is 4.98 Å². The van der Waals surface area contributed by atoms with Crippen LogP contribution in [0.15, 0.2) is 16.7 Å². The zero-order chi connectivity index (χ0) is 17.6. The Balaban J connectivity index is 1.87. The van der Waals surface area contributed by atoms with Crippen molar-refractivity contribution in [1.82, 2.24) is 15.0 Å². The Morgan fingerprint density at radius 1 is 1.20 bits per heavy atom. The summed E-state index contributed by atoms with van der Waals surface area (Å²) in [5.41, 5.74) is 3.49. The van der Waals surface area contributed by atoms with Gasteiger partial charge in [-0.3, -0.25) is 4.79 Å². The van der Waals surface area contributed by atoms with Gasteiger partial charge in [-0.1, -0.05) is 5.16 Å². The van der Waals surface area contributed by atoms with Gasteiger partial charge in [-0.05, 0) is 32.9 Å². The van der Waals surface area contributed by atoms with Crippen LogP contribution < -0.4 is 0 Å². The largest absolute Gasteiger partial charge is 0.378 e. The SMILES string of the molecule is Cc1cc(-c2cc(C(=O)N3CCOCC3)c3c(C)noc3n2)c(C)s1. The van der Waals surface area contributed by atoms with Gasteiger partial charge in [0, 0.05) is 28.4 Å². The Hall–Kier alpha value is -2.25. The van der Waals surface area contributed by atoms with Crippen molar-refractivity contribution in [3.05, 3.63) is 33.1 Å². The molecule has 7 heteroatoms. The molecule has 0 aliphatic carbocycles. The minimum atomic E-state index is -0.0205. The molecule has 0 saturated carbocycles. The van der Waals surface area contributed by atoms with Crippen LogP contribution in [0, 0.1) is 20.8 Å². The highest BCUT2D eigenvalue weighted by molar-refractivity contribution is 7.12. The summed E-state index contributed by atoms with van der Waals surface area (Å²) in [6.45, 7) is 8.30. The number of carbonyl (C=O) groups is 1. The average Bonchev–Trinajstić information content (AvgIpc) is 3.16. The van der Waals surface area contributed by atoms with Gasteiger partial charge in [-0.2, -0.15) is 0 Å². The first-order valence-electron chi connectivity index (χ1n) is 8.26. The van der Waals surface area contributed by atoms with Gasteiger partial charge in [0.1, 0.15) is 0 Å². The van der Waals surface area contributed by atoms with E-state index in [1.807, 2.05) is 17.9 Å². The van der Waals surface area contributed by atoms with Crippen LogP contribution >= 0.6 is 11.3 Å². The number of carbonyl (C=O) groups excluding carboxylic acids is 1. The zero-order valence-electron chi connectivity index (χ0n) is 14.5. The Bertz CT molecular complexity index is 954. The summed E-state index contributed by atoms with van der Waals surface area (Å²) in [6.07, 6.45) is 0. The Morgan fingerprint density at radius 2 is 1.96 bits per heavy atom. The molecule has 25 heavy (non-hydrogen) atoms. The molecular formula is C18H19N3O3S. The molecule has 0 N–H and O–H groups in total. The minimum absolute atomic E-state index is 0.0205. The third kappa shape index (κ3) is 2.83. The van der Waals surface area contributed by atoms with Crippen LogP contribution in [-0.2, 0) is 4.74 Å². The van der Waals surface area contributed by atoms with Crippen LogP contribution in [-0.4, -0.2) is 47.3 Å². The molecule has 0 aromatic carbocycles. The van der Waals surface area contributed by atoms with Crippen LogP contribution in [0.5, 0.6) is 0 Å². The van der Waals surface area contributed by atoms with Gasteiger partial charge in [0.25, 0.3) is 11.6 Å². The summed E-state index contributed by atoms with van der Waals surface area (Å²) >= 11 is 1.72. The predicted molar refractivity (Wildman–Crippen MR) is 96.1 cm³/mol. The van der Waals surface area contributed by atoms with Gasteiger partial charge in [0.15, 0.2) is 0 Å². The van der Waals surface area contributed by atoms with Gasteiger partial charge in [-0.15, -0.1) is 11.3 Å². The second-order valence-corrected chi connectivity index (χ2v) is 7.70. The Labute approximate surface area is 149 Å². The molecule has 0 radical (unpaired) electrons. The zero-order valence-corrected chi connectivity index (χ0v) is 15.3. The molecule has 0 spiro atoms. The van der Waals surface area contributed by atoms with E-state index in [4.69, 9.17) is 9.26 Å². The van der Waals surface area contributed by atoms with Gasteiger partial charge in [0.05, 0.1) is 35.6 Å². The monoisotopic (exact) mass is 357 g/mol. The molecule has 0 bridgehead atoms. The maximum atomic E-state index is 13.1. The van der Waals surface area contributed by atoms with E-state index in [-0.39, 0.29) is 5.91 Å². The van der Waals surface area contributed by atoms with E-state index in [1.54, 1.807) is 11.3 Å². The number of aryl methyl sites for hydroxylation is 3. The van der Waals surface area contributed by atoms with E-state index in [0.717, 1.165) is 11.3 Å². The number of thiophene rings is 1. The van der Waals surface area contributed by atoms with Crippen LogP contribution in [0.2, 0.25) is 0 Å². The molecule has 3 aromatic rings. The molecule has 0 unspecified atom stereocenters. The first-order chi connectivity index (χ1) is 12.0. The number of rotatable bonds is 2. The average molecular weight is 357 g/mol. The number of amides is 1. The van der Waals surface area contributed by atoms with Crippen LogP contribution in [0.25, 0.3) is 22.4 Å². The summed E-state index contributed by atoms with van der Waals surface area (Å²) in [4.78, 5) is 21.9. The molecule has 1 aliphatic rings. The van der Waals surface area contributed by atoms with Crippen molar-refractivity contribution >= 4 is 28.3 Å². The molecule has 1 amide bonds. The van der Waals surface area contributed by atoms with E-state index in [0.29, 0.717) is 48.7 Å². The van der Waals surface area contributed by atoms with Crippen molar-refractivity contribution in [2.75, 3.05) is 26.3 Å². The molecular weight excluding hydrogens is 338 g/mol. The lowest BCUT2D eigenvalue weighted by molar-refractivity contribution is 0.0304. The van der Waals surface area contributed by atoms with Crippen LogP contribution in [0.3, 0.4) is 0 Å². The molecule has 6 nitrogen and oxygen atoms in total. The molecule has 4 heterocycles. The molecule has 0 atom stereocenters. The van der Waals surface area contributed by atoms with Crippen molar-refractivity contribution in [1.29, 1.82) is 0 Å². The second-order valence-electron chi connectivity index (χ2n) is 6.23. The number of ether oxygens (including phenoxy) is 1. The summed E-state index contributed by atoms with van der Waals surface area (Å²) < 4.78 is 10.7. The first kappa shape index (κ1) is 16.2. The highest BCUT2D eigenvalue weighted by atomic mass is 32.1. The van der Waals surface area contributed by atoms with E-state index in [1.165, 1.54) is 9.75 Å². The van der Waals surface area contributed by atoms with Crippen molar-refractivity contribution in [3.8, 4) is 11.3 Å². The first-order valence-corrected chi connectivity index (χ1v) is 9.07. The van der Waals surface area contributed by atoms with Crippen molar-refractivity contribution < 1.29 is 14.1 Å². The Kier molecular flexibility index (Phi) is 4.05. The number of hydrogen-bond acceptors (Lipinski definition) is 6. The maximum absolute atomic E-state index is 13.1. The lowest BCUT2D eigenvalue weighted by atomic mass is 10.0. The van der Waals surface area contributed by atoms with E-state index in [2.05, 4.69) is 30.1 Å². The van der Waals surface area contributed by atoms with Gasteiger partial charge in [0.2, 0.25) is 0 Å². The normalized spacial score (nSPS) is 15.1. The van der Waals surface area contributed by atoms with Crippen LogP contribution in [0.4, 0.5) is 0 Å². The number of pyridine rings is 1. The summed E-state index contributed by atoms with van der Waals surface area (Å²) in [5.74, 6) is -0.0205. The van der Waals surface area contributed by atoms with Crippen molar-refractivity contribution in [3.63, 3.8) is 0 Å². The second kappa shape index (κ2) is 6.24. The van der Waals surface area contributed by atoms with Gasteiger partial charge >= 0.3 is 0 Å². The molecule has 1 aliphatic heterocycles. The van der Waals surface area contributed by atoms with Crippen LogP contribution in [0.1, 0.15) is 25.8 Å². The fourth-order valence-electron chi connectivity index (χ4n) is 3.22. The lowest BCUT2D eigenvalue weighted by Gasteiger charge is -2.27. The predicted octanol–water partition coefficient (Wildman–Crippen LogP) is 3.35. The smallest absolute Gasteiger partial charge is 0.259 e. The fraction of sp³-hybridized carbons (Fsp3) is 0.389. The van der Waals surface area contributed by atoms with E-state index < -0.39 is 0 Å². The molecule has 1 fully saturated rings. The number of hydrogen-bond donors (Lipinski definition) is 0. The number of morpholine rings is 1. The third-order valence-corrected chi connectivity index (χ3v) is 5.43. The highest BCUT2D eigenvalue weighted by Crippen LogP contribution is 2.33. The number of nitrogens with zero attached hydrogens (tertiary/aromatic N) is 3. The minimum Gasteiger partial charge on any atom is -0.378 e. The maximum Gasteiger partial charge on any atom is 0.259 e.